The maximum Gasteiger partial charge on any atom is 0.143 e. The predicted octanol–water partition coefficient (Wildman–Crippen LogP) is 5.54. The summed E-state index contributed by atoms with van der Waals surface area (Å²) in [5.41, 5.74) is 7.48. The van der Waals surface area contributed by atoms with Gasteiger partial charge in [0.25, 0.3) is 0 Å². The summed E-state index contributed by atoms with van der Waals surface area (Å²) in [4.78, 5) is 0. The zero-order valence-electron chi connectivity index (χ0n) is 10.6. The normalized spacial score (nSPS) is 12.2. The molecule has 0 saturated carbocycles. The summed E-state index contributed by atoms with van der Waals surface area (Å²) in [6.45, 7) is 1.89. The van der Waals surface area contributed by atoms with Crippen molar-refractivity contribution in [3.63, 3.8) is 0 Å². The zero-order valence-corrected chi connectivity index (χ0v) is 12.8. The van der Waals surface area contributed by atoms with E-state index in [4.69, 9.17) is 40.5 Å². The van der Waals surface area contributed by atoms with Gasteiger partial charge >= 0.3 is 0 Å². The van der Waals surface area contributed by atoms with Crippen molar-refractivity contribution in [3.8, 4) is 0 Å². The molecule has 0 bridgehead atoms. The van der Waals surface area contributed by atoms with Gasteiger partial charge in [0, 0.05) is 16.1 Å². The van der Waals surface area contributed by atoms with Crippen molar-refractivity contribution in [2.24, 2.45) is 0 Å². The second kappa shape index (κ2) is 6.08. The summed E-state index contributed by atoms with van der Waals surface area (Å²) < 4.78 is 13.5. The lowest BCUT2D eigenvalue weighted by molar-refractivity contribution is 0.628. The van der Waals surface area contributed by atoms with Crippen molar-refractivity contribution < 1.29 is 4.39 Å². The van der Waals surface area contributed by atoms with E-state index < -0.39 is 5.82 Å². The first-order valence-electron chi connectivity index (χ1n) is 5.84. The third-order valence-electron chi connectivity index (χ3n) is 2.89. The number of anilines is 2. The number of nitrogens with one attached hydrogen (secondary N) is 1. The van der Waals surface area contributed by atoms with Gasteiger partial charge in [0.05, 0.1) is 22.4 Å². The second-order valence-electron chi connectivity index (χ2n) is 4.39. The number of hydrogen-bond acceptors (Lipinski definition) is 2. The fourth-order valence-corrected chi connectivity index (χ4v) is 2.60. The minimum Gasteiger partial charge on any atom is -0.397 e. The first kappa shape index (κ1) is 15.2. The molecule has 0 radical (unpaired) electrons. The Morgan fingerprint density at radius 2 is 1.80 bits per heavy atom. The average molecular weight is 334 g/mol. The van der Waals surface area contributed by atoms with Gasteiger partial charge in [-0.15, -0.1) is 0 Å². The van der Waals surface area contributed by atoms with Crippen molar-refractivity contribution >= 4 is 46.2 Å². The average Bonchev–Trinajstić information content (AvgIpc) is 2.35. The van der Waals surface area contributed by atoms with Crippen molar-refractivity contribution in [2.45, 2.75) is 13.0 Å². The molecule has 1 unspecified atom stereocenters. The predicted molar refractivity (Wildman–Crippen MR) is 84.3 cm³/mol. The van der Waals surface area contributed by atoms with Crippen molar-refractivity contribution in [1.29, 1.82) is 0 Å². The summed E-state index contributed by atoms with van der Waals surface area (Å²) in [5.74, 6) is -0.530. The van der Waals surface area contributed by atoms with E-state index >= 15 is 0 Å². The summed E-state index contributed by atoms with van der Waals surface area (Å²) in [6, 6.07) is 7.68. The van der Waals surface area contributed by atoms with E-state index in [-0.39, 0.29) is 11.1 Å². The van der Waals surface area contributed by atoms with E-state index in [1.807, 2.05) is 13.0 Å². The largest absolute Gasteiger partial charge is 0.397 e. The highest BCUT2D eigenvalue weighted by Crippen LogP contribution is 2.32. The smallest absolute Gasteiger partial charge is 0.143 e. The van der Waals surface area contributed by atoms with Crippen LogP contribution in [0.5, 0.6) is 0 Å². The first-order valence-corrected chi connectivity index (χ1v) is 6.98. The molecular weight excluding hydrogens is 322 g/mol. The number of halogens is 4. The zero-order chi connectivity index (χ0) is 14.9. The van der Waals surface area contributed by atoms with Crippen molar-refractivity contribution in [1.82, 2.24) is 0 Å². The molecule has 1 atom stereocenters. The van der Waals surface area contributed by atoms with Gasteiger partial charge in [0.2, 0.25) is 0 Å². The molecule has 0 aliphatic carbocycles. The molecule has 3 N–H and O–H groups in total. The first-order chi connectivity index (χ1) is 9.38. The monoisotopic (exact) mass is 332 g/mol. The summed E-state index contributed by atoms with van der Waals surface area (Å²) in [7, 11) is 0. The number of nitrogen functional groups attached to an aromatic ring is 1. The standard InChI is InChI=1S/C14H12Cl3FN2/c1-7(9-3-2-8(15)4-10(9)16)20-14-6-12(18)11(17)5-13(14)19/h2-7,20H,19H2,1H3. The lowest BCUT2D eigenvalue weighted by atomic mass is 10.1. The highest BCUT2D eigenvalue weighted by atomic mass is 35.5. The van der Waals surface area contributed by atoms with Gasteiger partial charge in [-0.05, 0) is 30.7 Å². The van der Waals surface area contributed by atoms with Crippen LogP contribution < -0.4 is 11.1 Å². The van der Waals surface area contributed by atoms with Crippen LogP contribution in [-0.4, -0.2) is 0 Å². The minimum absolute atomic E-state index is 0.00905. The van der Waals surface area contributed by atoms with Crippen molar-refractivity contribution in [3.05, 3.63) is 56.8 Å². The molecule has 0 fully saturated rings. The maximum atomic E-state index is 13.5. The van der Waals surface area contributed by atoms with Gasteiger partial charge in [0.15, 0.2) is 0 Å². The van der Waals surface area contributed by atoms with Crippen molar-refractivity contribution in [2.75, 3.05) is 11.1 Å². The van der Waals surface area contributed by atoms with Crippen LogP contribution in [0.15, 0.2) is 30.3 Å². The third kappa shape index (κ3) is 3.29. The number of rotatable bonds is 3. The molecule has 0 aliphatic heterocycles. The Kier molecular flexibility index (Phi) is 4.63. The quantitative estimate of drug-likeness (QED) is 0.724. The van der Waals surface area contributed by atoms with Crippen LogP contribution in [0.25, 0.3) is 0 Å². The highest BCUT2D eigenvalue weighted by Gasteiger charge is 2.13. The fraction of sp³-hybridized carbons (Fsp3) is 0.143. The Balaban J connectivity index is 2.27. The molecule has 0 spiro atoms. The molecule has 0 heterocycles. The molecule has 2 rings (SSSR count). The molecule has 0 amide bonds. The van der Waals surface area contributed by atoms with Crippen LogP contribution in [0.4, 0.5) is 15.8 Å². The Bertz CT molecular complexity index is 647. The van der Waals surface area contributed by atoms with E-state index in [1.54, 1.807) is 12.1 Å². The maximum absolute atomic E-state index is 13.5. The number of hydrogen-bond donors (Lipinski definition) is 2. The van der Waals surface area contributed by atoms with Crippen LogP contribution in [0.2, 0.25) is 15.1 Å². The Hall–Kier alpha value is -1.16. The van der Waals surface area contributed by atoms with E-state index in [0.717, 1.165) is 5.56 Å². The van der Waals surface area contributed by atoms with Gasteiger partial charge in [0.1, 0.15) is 5.82 Å². The highest BCUT2D eigenvalue weighted by molar-refractivity contribution is 6.35. The molecule has 0 aliphatic rings. The van der Waals surface area contributed by atoms with Crippen LogP contribution in [0.1, 0.15) is 18.5 Å². The Morgan fingerprint density at radius 1 is 1.10 bits per heavy atom. The second-order valence-corrected chi connectivity index (χ2v) is 5.64. The molecule has 106 valence electrons. The van der Waals surface area contributed by atoms with Gasteiger partial charge in [-0.2, -0.15) is 0 Å². The van der Waals surface area contributed by atoms with Gasteiger partial charge in [-0.25, -0.2) is 4.39 Å². The third-order valence-corrected chi connectivity index (χ3v) is 3.75. The Labute approximate surface area is 131 Å². The molecule has 20 heavy (non-hydrogen) atoms. The van der Waals surface area contributed by atoms with Gasteiger partial charge < -0.3 is 11.1 Å². The fourth-order valence-electron chi connectivity index (χ4n) is 1.85. The van der Waals surface area contributed by atoms with Crippen LogP contribution in [0, 0.1) is 5.82 Å². The molecular formula is C14H12Cl3FN2. The Morgan fingerprint density at radius 3 is 2.45 bits per heavy atom. The lowest BCUT2D eigenvalue weighted by Crippen LogP contribution is -2.09. The van der Waals surface area contributed by atoms with Gasteiger partial charge in [-0.3, -0.25) is 0 Å². The van der Waals surface area contributed by atoms with E-state index in [0.29, 0.717) is 21.4 Å². The topological polar surface area (TPSA) is 38.0 Å². The summed E-state index contributed by atoms with van der Waals surface area (Å²) in [5, 5.41) is 4.19. The van der Waals surface area contributed by atoms with Crippen LogP contribution in [-0.2, 0) is 0 Å². The summed E-state index contributed by atoms with van der Waals surface area (Å²) >= 11 is 17.7. The molecule has 6 heteroatoms. The summed E-state index contributed by atoms with van der Waals surface area (Å²) in [6.07, 6.45) is 0. The minimum atomic E-state index is -0.530. The van der Waals surface area contributed by atoms with Gasteiger partial charge in [-0.1, -0.05) is 40.9 Å². The molecule has 2 nitrogen and oxygen atoms in total. The van der Waals surface area contributed by atoms with Crippen LogP contribution in [0.3, 0.4) is 0 Å². The molecule has 0 aromatic heterocycles. The number of nitrogens with two attached hydrogens (primary N) is 1. The SMILES string of the molecule is CC(Nc1cc(F)c(Cl)cc1N)c1ccc(Cl)cc1Cl. The van der Waals surface area contributed by atoms with E-state index in [9.17, 15) is 4.39 Å². The molecule has 2 aromatic carbocycles. The molecule has 2 aromatic rings. The van der Waals surface area contributed by atoms with Crippen LogP contribution >= 0.6 is 34.8 Å². The molecule has 0 saturated heterocycles. The van der Waals surface area contributed by atoms with E-state index in [1.165, 1.54) is 12.1 Å². The number of benzene rings is 2. The van der Waals surface area contributed by atoms with E-state index in [2.05, 4.69) is 5.32 Å². The lowest BCUT2D eigenvalue weighted by Gasteiger charge is -2.19.